The van der Waals surface area contributed by atoms with Crippen molar-refractivity contribution in [3.63, 3.8) is 0 Å². The summed E-state index contributed by atoms with van der Waals surface area (Å²) in [6.45, 7) is 0. The number of ether oxygens (including phenoxy) is 1. The maximum atomic E-state index is 12.5. The summed E-state index contributed by atoms with van der Waals surface area (Å²) in [6.07, 6.45) is 2.89. The molecule has 0 atom stereocenters. The number of amides is 2. The van der Waals surface area contributed by atoms with Gasteiger partial charge >= 0.3 is 0 Å². The lowest BCUT2D eigenvalue weighted by molar-refractivity contribution is 0.0956. The maximum Gasteiger partial charge on any atom is 0.273 e. The summed E-state index contributed by atoms with van der Waals surface area (Å²) in [7, 11) is 1.53. The molecule has 0 unspecified atom stereocenters. The number of hydrogen-bond donors (Lipinski definition) is 2. The van der Waals surface area contributed by atoms with E-state index >= 15 is 0 Å². The predicted octanol–water partition coefficient (Wildman–Crippen LogP) is 3.30. The van der Waals surface area contributed by atoms with Crippen LogP contribution in [0.5, 0.6) is 5.75 Å². The van der Waals surface area contributed by atoms with E-state index in [1.807, 2.05) is 0 Å². The van der Waals surface area contributed by atoms with Crippen molar-refractivity contribution in [3.8, 4) is 5.75 Å². The highest BCUT2D eigenvalue weighted by atomic mass is 16.5. The third-order valence-electron chi connectivity index (χ3n) is 3.65. The first-order valence-electron chi connectivity index (χ1n) is 8.08. The number of furan rings is 1. The Labute approximate surface area is 155 Å². The Morgan fingerprint density at radius 3 is 2.67 bits per heavy atom. The predicted molar refractivity (Wildman–Crippen MR) is 101 cm³/mol. The van der Waals surface area contributed by atoms with Gasteiger partial charge in [-0.3, -0.25) is 9.59 Å². The Morgan fingerprint density at radius 2 is 1.89 bits per heavy atom. The molecule has 0 saturated heterocycles. The normalized spacial score (nSPS) is 10.6. The second kappa shape index (κ2) is 8.48. The summed E-state index contributed by atoms with van der Waals surface area (Å²) >= 11 is 0. The van der Waals surface area contributed by atoms with Gasteiger partial charge < -0.3 is 14.5 Å². The number of methoxy groups -OCH3 is 1. The van der Waals surface area contributed by atoms with Gasteiger partial charge in [0.2, 0.25) is 0 Å². The molecule has 3 aromatic rings. The van der Waals surface area contributed by atoms with Crippen LogP contribution in [0.15, 0.2) is 76.4 Å². The molecule has 136 valence electrons. The first-order chi connectivity index (χ1) is 13.2. The molecule has 3 rings (SSSR count). The fourth-order valence-corrected chi connectivity index (χ4v) is 2.33. The number of rotatable bonds is 6. The zero-order valence-electron chi connectivity index (χ0n) is 14.5. The van der Waals surface area contributed by atoms with E-state index in [1.54, 1.807) is 60.7 Å². The van der Waals surface area contributed by atoms with Crippen LogP contribution in [-0.4, -0.2) is 25.1 Å². The minimum Gasteiger partial charge on any atom is -0.497 e. The Hall–Kier alpha value is -3.87. The second-order valence-corrected chi connectivity index (χ2v) is 5.45. The minimum absolute atomic E-state index is 0.283. The molecule has 1 aromatic heterocycles. The molecule has 2 aromatic carbocycles. The average molecular weight is 363 g/mol. The number of carbonyl (C=O) groups is 2. The van der Waals surface area contributed by atoms with Crippen molar-refractivity contribution < 1.29 is 18.7 Å². The monoisotopic (exact) mass is 363 g/mol. The third-order valence-corrected chi connectivity index (χ3v) is 3.65. The van der Waals surface area contributed by atoms with Crippen molar-refractivity contribution in [2.75, 3.05) is 12.4 Å². The lowest BCUT2D eigenvalue weighted by Crippen LogP contribution is -2.21. The van der Waals surface area contributed by atoms with Gasteiger partial charge in [0.1, 0.15) is 11.5 Å². The van der Waals surface area contributed by atoms with Crippen molar-refractivity contribution in [1.29, 1.82) is 0 Å². The number of para-hydroxylation sites is 1. The van der Waals surface area contributed by atoms with Gasteiger partial charge in [-0.25, -0.2) is 5.43 Å². The molecule has 2 amide bonds. The molecular weight excluding hydrogens is 346 g/mol. The Bertz CT molecular complexity index is 965. The van der Waals surface area contributed by atoms with Gasteiger partial charge in [0.15, 0.2) is 0 Å². The SMILES string of the molecule is COc1cccc(C(=O)Nc2ccccc2C(=O)N/N=C\c2ccco2)c1. The van der Waals surface area contributed by atoms with Crippen molar-refractivity contribution in [1.82, 2.24) is 5.43 Å². The quantitative estimate of drug-likeness (QED) is 0.519. The van der Waals surface area contributed by atoms with Gasteiger partial charge in [0.25, 0.3) is 11.8 Å². The van der Waals surface area contributed by atoms with Crippen LogP contribution in [0.25, 0.3) is 0 Å². The molecule has 0 spiro atoms. The highest BCUT2D eigenvalue weighted by Crippen LogP contribution is 2.18. The van der Waals surface area contributed by atoms with E-state index in [2.05, 4.69) is 15.8 Å². The third kappa shape index (κ3) is 4.60. The number of carbonyl (C=O) groups excluding carboxylic acids is 2. The standard InChI is InChI=1S/C20H17N3O4/c1-26-15-7-4-6-14(12-15)19(24)22-18-10-3-2-9-17(18)20(25)23-21-13-16-8-5-11-27-16/h2-13H,1H3,(H,22,24)(H,23,25)/b21-13-. The van der Waals surface area contributed by atoms with E-state index < -0.39 is 5.91 Å². The molecule has 0 fully saturated rings. The minimum atomic E-state index is -0.459. The van der Waals surface area contributed by atoms with Crippen LogP contribution in [0.1, 0.15) is 26.5 Å². The van der Waals surface area contributed by atoms with Gasteiger partial charge in [-0.1, -0.05) is 18.2 Å². The van der Waals surface area contributed by atoms with Gasteiger partial charge in [0, 0.05) is 5.56 Å². The van der Waals surface area contributed by atoms with Crippen LogP contribution in [-0.2, 0) is 0 Å². The molecule has 2 N–H and O–H groups in total. The van der Waals surface area contributed by atoms with E-state index in [0.29, 0.717) is 22.8 Å². The van der Waals surface area contributed by atoms with Crippen molar-refractivity contribution >= 4 is 23.7 Å². The van der Waals surface area contributed by atoms with Crippen molar-refractivity contribution in [2.45, 2.75) is 0 Å². The van der Waals surface area contributed by atoms with Crippen molar-refractivity contribution in [2.24, 2.45) is 5.10 Å². The van der Waals surface area contributed by atoms with E-state index in [1.165, 1.54) is 19.6 Å². The fraction of sp³-hybridized carbons (Fsp3) is 0.0500. The van der Waals surface area contributed by atoms with Crippen LogP contribution < -0.4 is 15.5 Å². The zero-order chi connectivity index (χ0) is 19.1. The summed E-state index contributed by atoms with van der Waals surface area (Å²) in [5, 5.41) is 6.58. The fourth-order valence-electron chi connectivity index (χ4n) is 2.33. The van der Waals surface area contributed by atoms with Gasteiger partial charge in [-0.15, -0.1) is 0 Å². The van der Waals surface area contributed by atoms with E-state index in [9.17, 15) is 9.59 Å². The molecule has 0 aliphatic carbocycles. The average Bonchev–Trinajstić information content (AvgIpc) is 3.22. The smallest absolute Gasteiger partial charge is 0.273 e. The van der Waals surface area contributed by atoms with Gasteiger partial charge in [0.05, 0.1) is 30.8 Å². The molecule has 7 nitrogen and oxygen atoms in total. The summed E-state index contributed by atoms with van der Waals surface area (Å²) in [6, 6.07) is 16.8. The Balaban J connectivity index is 1.73. The lowest BCUT2D eigenvalue weighted by atomic mass is 10.1. The summed E-state index contributed by atoms with van der Waals surface area (Å²) < 4.78 is 10.2. The molecule has 0 radical (unpaired) electrons. The Kier molecular flexibility index (Phi) is 5.64. The highest BCUT2D eigenvalue weighted by molar-refractivity contribution is 6.09. The molecule has 0 aliphatic heterocycles. The second-order valence-electron chi connectivity index (χ2n) is 5.45. The number of nitrogens with zero attached hydrogens (tertiary/aromatic N) is 1. The summed E-state index contributed by atoms with van der Waals surface area (Å²) in [5.41, 5.74) is 3.48. The summed E-state index contributed by atoms with van der Waals surface area (Å²) in [5.74, 6) is 0.267. The summed E-state index contributed by atoms with van der Waals surface area (Å²) in [4.78, 5) is 24.9. The van der Waals surface area contributed by atoms with Crippen molar-refractivity contribution in [3.05, 3.63) is 83.8 Å². The zero-order valence-corrected chi connectivity index (χ0v) is 14.5. The van der Waals surface area contributed by atoms with E-state index in [4.69, 9.17) is 9.15 Å². The van der Waals surface area contributed by atoms with Crippen LogP contribution in [0.3, 0.4) is 0 Å². The first-order valence-corrected chi connectivity index (χ1v) is 8.08. The highest BCUT2D eigenvalue weighted by Gasteiger charge is 2.14. The first kappa shape index (κ1) is 17.9. The number of anilines is 1. The van der Waals surface area contributed by atoms with Crippen LogP contribution in [0, 0.1) is 0 Å². The number of hydrogen-bond acceptors (Lipinski definition) is 5. The molecule has 27 heavy (non-hydrogen) atoms. The largest absolute Gasteiger partial charge is 0.497 e. The number of hydrazone groups is 1. The maximum absolute atomic E-state index is 12.5. The van der Waals surface area contributed by atoms with Crippen LogP contribution in [0.4, 0.5) is 5.69 Å². The van der Waals surface area contributed by atoms with E-state index in [0.717, 1.165) is 0 Å². The molecule has 0 aliphatic rings. The number of nitrogens with one attached hydrogen (secondary N) is 2. The topological polar surface area (TPSA) is 92.9 Å². The van der Waals surface area contributed by atoms with Gasteiger partial charge in [-0.05, 0) is 42.5 Å². The molecular formula is C20H17N3O4. The van der Waals surface area contributed by atoms with E-state index in [-0.39, 0.29) is 11.5 Å². The van der Waals surface area contributed by atoms with Crippen LogP contribution in [0.2, 0.25) is 0 Å². The van der Waals surface area contributed by atoms with Crippen LogP contribution >= 0.6 is 0 Å². The molecule has 0 saturated carbocycles. The molecule has 0 bridgehead atoms. The molecule has 7 heteroatoms. The Morgan fingerprint density at radius 1 is 1.04 bits per heavy atom. The lowest BCUT2D eigenvalue weighted by Gasteiger charge is -2.10. The number of benzene rings is 2. The van der Waals surface area contributed by atoms with Gasteiger partial charge in [-0.2, -0.15) is 5.10 Å². The molecule has 1 heterocycles.